The number of rotatable bonds is 3. The lowest BCUT2D eigenvalue weighted by molar-refractivity contribution is -0.180. The van der Waals surface area contributed by atoms with Crippen molar-refractivity contribution < 1.29 is 39.3 Å². The van der Waals surface area contributed by atoms with E-state index >= 15 is 0 Å². The third kappa shape index (κ3) is 3.84. The molecule has 1 aliphatic rings. The topological polar surface area (TPSA) is 212 Å². The normalized spacial score (nSPS) is 39.9. The van der Waals surface area contributed by atoms with Crippen LogP contribution in [0, 0.1) is 0 Å². The zero-order chi connectivity index (χ0) is 15.0. The molecule has 0 heterocycles. The van der Waals surface area contributed by atoms with Gasteiger partial charge in [0.05, 0.1) is 0 Å². The molecule has 0 aliphatic heterocycles. The lowest BCUT2D eigenvalue weighted by Gasteiger charge is -2.41. The highest BCUT2D eigenvalue weighted by molar-refractivity contribution is 7.46. The molecular formula is C7H16N3O8P. The van der Waals surface area contributed by atoms with E-state index in [1.165, 1.54) is 0 Å². The number of hydrogen-bond acceptors (Lipinski definition) is 7. The number of aliphatic hydroxyl groups excluding tert-OH is 4. The number of aliphatic hydroxyl groups is 4. The van der Waals surface area contributed by atoms with Crippen LogP contribution in [-0.2, 0) is 9.09 Å². The number of phosphoric ester groups is 1. The summed E-state index contributed by atoms with van der Waals surface area (Å²) in [4.78, 5) is 20.7. The molecule has 12 heteroatoms. The first-order valence-corrected chi connectivity index (χ1v) is 6.62. The largest absolute Gasteiger partial charge is 0.470 e. The molecule has 1 aliphatic carbocycles. The van der Waals surface area contributed by atoms with E-state index in [0.29, 0.717) is 0 Å². The molecule has 1 fully saturated rings. The van der Waals surface area contributed by atoms with Crippen molar-refractivity contribution in [1.82, 2.24) is 0 Å². The fraction of sp³-hybridized carbons (Fsp3) is 0.857. The lowest BCUT2D eigenvalue weighted by Crippen LogP contribution is -2.64. The molecule has 0 amide bonds. The van der Waals surface area contributed by atoms with E-state index in [4.69, 9.17) is 21.3 Å². The maximum atomic E-state index is 10.7. The van der Waals surface area contributed by atoms with Crippen molar-refractivity contribution in [3.63, 3.8) is 0 Å². The minimum atomic E-state index is -5.04. The Hall–Kier alpha value is -0.780. The van der Waals surface area contributed by atoms with Crippen molar-refractivity contribution in [2.24, 2.45) is 16.5 Å². The quantitative estimate of drug-likeness (QED) is 0.142. The number of aliphatic imine (C=N–C) groups is 1. The van der Waals surface area contributed by atoms with Gasteiger partial charge in [0.25, 0.3) is 0 Å². The summed E-state index contributed by atoms with van der Waals surface area (Å²) in [6.07, 6.45) is -9.26. The van der Waals surface area contributed by atoms with Crippen molar-refractivity contribution in [2.75, 3.05) is 0 Å². The summed E-state index contributed by atoms with van der Waals surface area (Å²) in [6.45, 7) is 0. The summed E-state index contributed by atoms with van der Waals surface area (Å²) in [5, 5.41) is 38.6. The molecule has 10 N–H and O–H groups in total. The van der Waals surface area contributed by atoms with Gasteiger partial charge >= 0.3 is 7.82 Å². The summed E-state index contributed by atoms with van der Waals surface area (Å²) in [5.74, 6) is -0.503. The van der Waals surface area contributed by atoms with Gasteiger partial charge in [0, 0.05) is 0 Å². The van der Waals surface area contributed by atoms with Crippen LogP contribution in [0.2, 0.25) is 0 Å². The predicted molar refractivity (Wildman–Crippen MR) is 60.5 cm³/mol. The van der Waals surface area contributed by atoms with Gasteiger partial charge in [-0.1, -0.05) is 0 Å². The molecule has 0 spiro atoms. The third-order valence-electron chi connectivity index (χ3n) is 2.63. The second kappa shape index (κ2) is 5.69. The molecule has 1 saturated carbocycles. The standard InChI is InChI=1S/C7H16N3O8P/c8-7(9)10-1-2(11)4(13)6(5(14)3(1)12)18-19(15,16)17/h1-6,11-14H,(H4,8,9,10)(H2,15,16,17)/t1?,2-,3+,4+,5-,6?. The fourth-order valence-corrected chi connectivity index (χ4v) is 2.37. The first kappa shape index (κ1) is 16.3. The van der Waals surface area contributed by atoms with Crippen LogP contribution >= 0.6 is 7.82 Å². The molecule has 0 saturated heterocycles. The van der Waals surface area contributed by atoms with Crippen molar-refractivity contribution >= 4 is 13.8 Å². The van der Waals surface area contributed by atoms with Gasteiger partial charge in [0.1, 0.15) is 36.6 Å². The van der Waals surface area contributed by atoms with Gasteiger partial charge in [-0.05, 0) is 0 Å². The van der Waals surface area contributed by atoms with Gasteiger partial charge in [-0.3, -0.25) is 4.52 Å². The van der Waals surface area contributed by atoms with Gasteiger partial charge in [-0.25, -0.2) is 9.56 Å². The number of nitrogens with zero attached hydrogens (tertiary/aromatic N) is 1. The van der Waals surface area contributed by atoms with Crippen LogP contribution in [0.3, 0.4) is 0 Å². The maximum absolute atomic E-state index is 10.7. The van der Waals surface area contributed by atoms with Crippen LogP contribution in [0.15, 0.2) is 4.99 Å². The Morgan fingerprint density at radius 1 is 1.00 bits per heavy atom. The molecule has 11 nitrogen and oxygen atoms in total. The third-order valence-corrected chi connectivity index (χ3v) is 3.15. The first-order valence-electron chi connectivity index (χ1n) is 5.09. The average molecular weight is 301 g/mol. The van der Waals surface area contributed by atoms with Crippen LogP contribution in [0.5, 0.6) is 0 Å². The number of guanidine groups is 1. The summed E-state index contributed by atoms with van der Waals surface area (Å²) in [7, 11) is -5.04. The zero-order valence-corrected chi connectivity index (χ0v) is 10.4. The van der Waals surface area contributed by atoms with Crippen molar-refractivity contribution in [2.45, 2.75) is 36.6 Å². The summed E-state index contributed by atoms with van der Waals surface area (Å²) < 4.78 is 14.8. The molecule has 6 atom stereocenters. The first-order chi connectivity index (χ1) is 8.54. The van der Waals surface area contributed by atoms with E-state index < -0.39 is 50.3 Å². The Bertz CT molecular complexity index is 380. The molecule has 0 aromatic heterocycles. The molecule has 1 rings (SSSR count). The molecule has 0 aromatic carbocycles. The zero-order valence-electron chi connectivity index (χ0n) is 9.51. The molecule has 0 bridgehead atoms. The Morgan fingerprint density at radius 3 is 1.74 bits per heavy atom. The number of hydrogen-bond donors (Lipinski definition) is 8. The average Bonchev–Trinajstić information content (AvgIpc) is 2.26. The molecule has 0 radical (unpaired) electrons. The van der Waals surface area contributed by atoms with E-state index in [0.717, 1.165) is 0 Å². The Morgan fingerprint density at radius 2 is 1.42 bits per heavy atom. The van der Waals surface area contributed by atoms with E-state index in [9.17, 15) is 25.0 Å². The highest BCUT2D eigenvalue weighted by atomic mass is 31.2. The summed E-state index contributed by atoms with van der Waals surface area (Å²) in [6, 6.07) is -1.45. The lowest BCUT2D eigenvalue weighted by atomic mass is 9.83. The summed E-state index contributed by atoms with van der Waals surface area (Å²) >= 11 is 0. The minimum Gasteiger partial charge on any atom is -0.388 e. The summed E-state index contributed by atoms with van der Waals surface area (Å²) in [5.41, 5.74) is 10.1. The highest BCUT2D eigenvalue weighted by Crippen LogP contribution is 2.41. The minimum absolute atomic E-state index is 0.503. The van der Waals surface area contributed by atoms with Crippen LogP contribution in [0.25, 0.3) is 0 Å². The molecule has 2 unspecified atom stereocenters. The predicted octanol–water partition coefficient (Wildman–Crippen LogP) is -4.44. The SMILES string of the molecule is NC(N)=NC1[C@@H](O)[C@H](O)C(OP(=O)(O)O)[C@H](O)[C@H]1O. The van der Waals surface area contributed by atoms with Crippen LogP contribution in [-0.4, -0.2) is 72.7 Å². The van der Waals surface area contributed by atoms with Crippen molar-refractivity contribution in [3.8, 4) is 0 Å². The van der Waals surface area contributed by atoms with Gasteiger partial charge < -0.3 is 41.7 Å². The van der Waals surface area contributed by atoms with Gasteiger partial charge in [-0.15, -0.1) is 0 Å². The second-order valence-corrected chi connectivity index (χ2v) is 5.26. The Labute approximate surface area is 107 Å². The molecular weight excluding hydrogens is 285 g/mol. The molecule has 112 valence electrons. The Balaban J connectivity index is 2.99. The van der Waals surface area contributed by atoms with Crippen molar-refractivity contribution in [1.29, 1.82) is 0 Å². The van der Waals surface area contributed by atoms with Gasteiger partial charge in [0.2, 0.25) is 0 Å². The highest BCUT2D eigenvalue weighted by Gasteiger charge is 2.51. The number of phosphoric acid groups is 1. The molecule has 19 heavy (non-hydrogen) atoms. The number of nitrogens with two attached hydrogens (primary N) is 2. The Kier molecular flexibility index (Phi) is 4.87. The van der Waals surface area contributed by atoms with Crippen LogP contribution in [0.1, 0.15) is 0 Å². The monoisotopic (exact) mass is 301 g/mol. The van der Waals surface area contributed by atoms with Gasteiger partial charge in [-0.2, -0.15) is 0 Å². The van der Waals surface area contributed by atoms with Crippen molar-refractivity contribution in [3.05, 3.63) is 0 Å². The van der Waals surface area contributed by atoms with E-state index in [2.05, 4.69) is 9.52 Å². The van der Waals surface area contributed by atoms with Gasteiger partial charge in [0.15, 0.2) is 5.96 Å². The van der Waals surface area contributed by atoms with Crippen LogP contribution < -0.4 is 11.5 Å². The second-order valence-electron chi connectivity index (χ2n) is 4.07. The molecule has 0 aromatic rings. The van der Waals surface area contributed by atoms with E-state index in [1.54, 1.807) is 0 Å². The smallest absolute Gasteiger partial charge is 0.388 e. The van der Waals surface area contributed by atoms with Crippen LogP contribution in [0.4, 0.5) is 0 Å². The maximum Gasteiger partial charge on any atom is 0.470 e. The van der Waals surface area contributed by atoms with E-state index in [-0.39, 0.29) is 0 Å². The van der Waals surface area contributed by atoms with E-state index in [1.807, 2.05) is 0 Å². The fourth-order valence-electron chi connectivity index (χ4n) is 1.80.